The zero-order chi connectivity index (χ0) is 21.2. The number of hydrogen-bond donors (Lipinski definition) is 0. The van der Waals surface area contributed by atoms with Crippen LogP contribution in [-0.4, -0.2) is 21.7 Å². The minimum Gasteiger partial charge on any atom is -0.329 e. The second kappa shape index (κ2) is 7.90. The summed E-state index contributed by atoms with van der Waals surface area (Å²) in [5.74, 6) is -2.06. The van der Waals surface area contributed by atoms with Crippen molar-refractivity contribution in [2.75, 3.05) is 5.75 Å². The van der Waals surface area contributed by atoms with Crippen LogP contribution in [0.25, 0.3) is 11.4 Å². The Hall–Kier alpha value is -2.82. The van der Waals surface area contributed by atoms with Crippen LogP contribution in [0.5, 0.6) is 0 Å². The molecule has 0 bridgehead atoms. The summed E-state index contributed by atoms with van der Waals surface area (Å²) < 4.78 is 79.2. The first-order valence-corrected chi connectivity index (χ1v) is 8.87. The fraction of sp³-hybridized carbons (Fsp3) is 0.167. The van der Waals surface area contributed by atoms with Crippen LogP contribution < -0.4 is 0 Å². The largest absolute Gasteiger partial charge is 0.471 e. The molecule has 3 aromatic rings. The van der Waals surface area contributed by atoms with Gasteiger partial charge in [0.05, 0.1) is 11.3 Å². The van der Waals surface area contributed by atoms with E-state index >= 15 is 0 Å². The molecular formula is C18H10F6N2O2S. The van der Waals surface area contributed by atoms with Crippen LogP contribution in [0, 0.1) is 0 Å². The van der Waals surface area contributed by atoms with E-state index in [1.54, 1.807) is 0 Å². The summed E-state index contributed by atoms with van der Waals surface area (Å²) in [7, 11) is 0. The number of Topliss-reactive ketones (excluding diaryl/α,β-unsaturated/α-hetero) is 1. The monoisotopic (exact) mass is 432 g/mol. The quantitative estimate of drug-likeness (QED) is 0.292. The van der Waals surface area contributed by atoms with E-state index in [0.29, 0.717) is 4.90 Å². The number of benzene rings is 2. The SMILES string of the molecule is O=C(CSc1ccc(C(F)(F)F)cc1)c1ccc(-c2noc(C(F)(F)F)n2)cc1. The van der Waals surface area contributed by atoms with Crippen molar-refractivity contribution in [3.05, 3.63) is 65.5 Å². The number of rotatable bonds is 5. The van der Waals surface area contributed by atoms with Gasteiger partial charge >= 0.3 is 18.2 Å². The van der Waals surface area contributed by atoms with Gasteiger partial charge in [-0.15, -0.1) is 11.8 Å². The van der Waals surface area contributed by atoms with Gasteiger partial charge in [-0.3, -0.25) is 4.79 Å². The lowest BCUT2D eigenvalue weighted by molar-refractivity contribution is -0.159. The first-order chi connectivity index (χ1) is 13.5. The Labute approximate surface area is 163 Å². The first-order valence-electron chi connectivity index (χ1n) is 7.88. The van der Waals surface area contributed by atoms with Gasteiger partial charge in [0.25, 0.3) is 0 Å². The van der Waals surface area contributed by atoms with Crippen LogP contribution >= 0.6 is 11.8 Å². The summed E-state index contributed by atoms with van der Waals surface area (Å²) in [5.41, 5.74) is -0.261. The zero-order valence-corrected chi connectivity index (χ0v) is 15.0. The molecule has 0 saturated heterocycles. The van der Waals surface area contributed by atoms with Crippen LogP contribution in [0.3, 0.4) is 0 Å². The molecule has 0 atom stereocenters. The van der Waals surface area contributed by atoms with Gasteiger partial charge in [0, 0.05) is 16.0 Å². The maximum atomic E-state index is 12.5. The summed E-state index contributed by atoms with van der Waals surface area (Å²) in [6.45, 7) is 0. The lowest BCUT2D eigenvalue weighted by Crippen LogP contribution is -2.05. The Kier molecular flexibility index (Phi) is 5.69. The Morgan fingerprint density at radius 1 is 0.897 bits per heavy atom. The number of nitrogens with zero attached hydrogens (tertiary/aromatic N) is 2. The van der Waals surface area contributed by atoms with Gasteiger partial charge in [-0.05, 0) is 24.3 Å². The van der Waals surface area contributed by atoms with E-state index in [-0.39, 0.29) is 28.5 Å². The van der Waals surface area contributed by atoms with Crippen molar-refractivity contribution >= 4 is 17.5 Å². The van der Waals surface area contributed by atoms with Gasteiger partial charge in [0.15, 0.2) is 5.78 Å². The number of halogens is 6. The van der Waals surface area contributed by atoms with E-state index < -0.39 is 23.8 Å². The van der Waals surface area contributed by atoms with E-state index in [4.69, 9.17) is 0 Å². The highest BCUT2D eigenvalue weighted by Gasteiger charge is 2.38. The highest BCUT2D eigenvalue weighted by Crippen LogP contribution is 2.31. The number of ketones is 1. The van der Waals surface area contributed by atoms with Gasteiger partial charge in [0.2, 0.25) is 5.82 Å². The fourth-order valence-corrected chi connectivity index (χ4v) is 3.03. The normalized spacial score (nSPS) is 12.2. The number of alkyl halides is 6. The molecule has 11 heteroatoms. The third-order valence-corrected chi connectivity index (χ3v) is 4.70. The first kappa shape index (κ1) is 20.9. The summed E-state index contributed by atoms with van der Waals surface area (Å²) >= 11 is 1.07. The minimum absolute atomic E-state index is 0.0227. The van der Waals surface area contributed by atoms with E-state index in [1.807, 2.05) is 0 Å². The number of aromatic nitrogens is 2. The predicted molar refractivity (Wildman–Crippen MR) is 91.2 cm³/mol. The molecule has 4 nitrogen and oxygen atoms in total. The van der Waals surface area contributed by atoms with Gasteiger partial charge in [-0.1, -0.05) is 29.4 Å². The Morgan fingerprint density at radius 2 is 1.52 bits per heavy atom. The number of carbonyl (C=O) groups is 1. The molecule has 0 saturated carbocycles. The summed E-state index contributed by atoms with van der Waals surface area (Å²) in [6.07, 6.45) is -9.18. The minimum atomic E-state index is -4.75. The maximum Gasteiger partial charge on any atom is 0.471 e. The summed E-state index contributed by atoms with van der Waals surface area (Å²) in [5, 5.41) is 3.25. The maximum absolute atomic E-state index is 12.5. The van der Waals surface area contributed by atoms with Crippen LogP contribution in [0.4, 0.5) is 26.3 Å². The molecule has 2 aromatic carbocycles. The third-order valence-electron chi connectivity index (χ3n) is 3.69. The molecule has 0 N–H and O–H groups in total. The number of carbonyl (C=O) groups excluding carboxylic acids is 1. The van der Waals surface area contributed by atoms with Gasteiger partial charge in [0.1, 0.15) is 0 Å². The third kappa shape index (κ3) is 5.17. The second-order valence-electron chi connectivity index (χ2n) is 5.73. The molecule has 0 unspecified atom stereocenters. The molecule has 152 valence electrons. The average molecular weight is 432 g/mol. The van der Waals surface area contributed by atoms with E-state index in [1.165, 1.54) is 36.4 Å². The van der Waals surface area contributed by atoms with Crippen molar-refractivity contribution in [1.82, 2.24) is 10.1 Å². The van der Waals surface area contributed by atoms with Crippen molar-refractivity contribution in [2.24, 2.45) is 0 Å². The molecule has 29 heavy (non-hydrogen) atoms. The molecule has 1 heterocycles. The number of thioether (sulfide) groups is 1. The highest BCUT2D eigenvalue weighted by atomic mass is 32.2. The smallest absolute Gasteiger partial charge is 0.329 e. The van der Waals surface area contributed by atoms with Crippen molar-refractivity contribution < 1.29 is 35.7 Å². The van der Waals surface area contributed by atoms with Crippen molar-refractivity contribution in [2.45, 2.75) is 17.2 Å². The Balaban J connectivity index is 1.62. The highest BCUT2D eigenvalue weighted by molar-refractivity contribution is 8.00. The van der Waals surface area contributed by atoms with Gasteiger partial charge in [-0.25, -0.2) is 0 Å². The van der Waals surface area contributed by atoms with E-state index in [2.05, 4.69) is 14.7 Å². The van der Waals surface area contributed by atoms with Gasteiger partial charge < -0.3 is 4.52 Å². The summed E-state index contributed by atoms with van der Waals surface area (Å²) in [4.78, 5) is 16.0. The molecule has 1 aromatic heterocycles. The molecule has 0 radical (unpaired) electrons. The van der Waals surface area contributed by atoms with Gasteiger partial charge in [-0.2, -0.15) is 31.3 Å². The van der Waals surface area contributed by atoms with Crippen molar-refractivity contribution in [3.63, 3.8) is 0 Å². The summed E-state index contributed by atoms with van der Waals surface area (Å²) in [6, 6.07) is 9.96. The van der Waals surface area contributed by atoms with Crippen molar-refractivity contribution in [3.8, 4) is 11.4 Å². The van der Waals surface area contributed by atoms with Crippen LogP contribution in [0.1, 0.15) is 21.8 Å². The zero-order valence-electron chi connectivity index (χ0n) is 14.2. The number of hydrogen-bond acceptors (Lipinski definition) is 5. The topological polar surface area (TPSA) is 56.0 Å². The second-order valence-corrected chi connectivity index (χ2v) is 6.78. The molecule has 0 aliphatic heterocycles. The molecule has 0 fully saturated rings. The molecule has 3 rings (SSSR count). The Morgan fingerprint density at radius 3 is 2.03 bits per heavy atom. The molecule has 0 spiro atoms. The molecule has 0 amide bonds. The van der Waals surface area contributed by atoms with Crippen molar-refractivity contribution in [1.29, 1.82) is 0 Å². The molecule has 0 aliphatic rings. The van der Waals surface area contributed by atoms with Crippen LogP contribution in [0.15, 0.2) is 57.9 Å². The van der Waals surface area contributed by atoms with E-state index in [0.717, 1.165) is 23.9 Å². The van der Waals surface area contributed by atoms with Crippen LogP contribution in [0.2, 0.25) is 0 Å². The van der Waals surface area contributed by atoms with Crippen LogP contribution in [-0.2, 0) is 12.4 Å². The molecular weight excluding hydrogens is 422 g/mol. The lowest BCUT2D eigenvalue weighted by Gasteiger charge is -2.07. The predicted octanol–water partition coefficient (Wildman–Crippen LogP) is 5.75. The molecule has 0 aliphatic carbocycles. The average Bonchev–Trinajstić information content (AvgIpc) is 3.16. The fourth-order valence-electron chi connectivity index (χ4n) is 2.23. The van der Waals surface area contributed by atoms with E-state index in [9.17, 15) is 31.1 Å². The Bertz CT molecular complexity index is 995. The standard InChI is InChI=1S/C18H10F6N2O2S/c19-17(20,21)12-5-7-13(8-6-12)29-9-14(27)10-1-3-11(4-2-10)15-25-16(28-26-15)18(22,23)24/h1-8H,9H2. The lowest BCUT2D eigenvalue weighted by atomic mass is 10.1.